The van der Waals surface area contributed by atoms with Crippen LogP contribution in [-0.4, -0.2) is 21.8 Å². The molecule has 0 saturated carbocycles. The fraction of sp³-hybridized carbons (Fsp3) is 0.176. The van der Waals surface area contributed by atoms with Crippen LogP contribution in [0.5, 0.6) is 0 Å². The van der Waals surface area contributed by atoms with Crippen molar-refractivity contribution in [2.75, 3.05) is 11.9 Å². The summed E-state index contributed by atoms with van der Waals surface area (Å²) in [6.07, 6.45) is 0. The third kappa shape index (κ3) is 3.15. The average Bonchev–Trinajstić information content (AvgIpc) is 3.04. The van der Waals surface area contributed by atoms with Crippen LogP contribution in [0.2, 0.25) is 0 Å². The molecule has 22 heavy (non-hydrogen) atoms. The molecule has 0 amide bonds. The number of nitrogens with zero attached hydrogens (tertiary/aromatic N) is 2. The fourth-order valence-corrected chi connectivity index (χ4v) is 2.14. The zero-order valence-electron chi connectivity index (χ0n) is 12.2. The summed E-state index contributed by atoms with van der Waals surface area (Å²) in [5.74, 6) is 0.803. The zero-order chi connectivity index (χ0) is 15.4. The Kier molecular flexibility index (Phi) is 3.89. The minimum absolute atomic E-state index is 0.283. The van der Waals surface area contributed by atoms with Gasteiger partial charge in [-0.15, -0.1) is 0 Å². The molecule has 5 heteroatoms. The second-order valence-corrected chi connectivity index (χ2v) is 5.28. The summed E-state index contributed by atoms with van der Waals surface area (Å²) in [5, 5.41) is 17.4. The van der Waals surface area contributed by atoms with Gasteiger partial charge >= 0.3 is 0 Å². The molecule has 2 N–H and O–H groups in total. The topological polar surface area (TPSA) is 71.2 Å². The molecule has 0 fully saturated rings. The Bertz CT molecular complexity index is 724. The number of hydrogen-bond acceptors (Lipinski definition) is 5. The molecule has 112 valence electrons. The van der Waals surface area contributed by atoms with Gasteiger partial charge in [-0.2, -0.15) is 4.98 Å². The molecule has 1 heterocycles. The lowest BCUT2D eigenvalue weighted by molar-refractivity contribution is 0.0713. The molecular formula is C17H17N3O2. The molecule has 0 bridgehead atoms. The van der Waals surface area contributed by atoms with Gasteiger partial charge in [-0.25, -0.2) is 0 Å². The molecule has 0 aliphatic carbocycles. The van der Waals surface area contributed by atoms with Crippen LogP contribution in [0.3, 0.4) is 0 Å². The first-order valence-corrected chi connectivity index (χ1v) is 7.06. The molecule has 0 saturated heterocycles. The molecule has 3 rings (SSSR count). The maximum atomic E-state index is 10.5. The summed E-state index contributed by atoms with van der Waals surface area (Å²) < 4.78 is 5.22. The van der Waals surface area contributed by atoms with Gasteiger partial charge in [0.15, 0.2) is 0 Å². The molecule has 2 aromatic carbocycles. The van der Waals surface area contributed by atoms with Crippen LogP contribution in [-0.2, 0) is 5.60 Å². The molecule has 5 nitrogen and oxygen atoms in total. The molecule has 1 atom stereocenters. The zero-order valence-corrected chi connectivity index (χ0v) is 12.2. The summed E-state index contributed by atoms with van der Waals surface area (Å²) in [6, 6.07) is 19.0. The first-order valence-electron chi connectivity index (χ1n) is 7.06. The van der Waals surface area contributed by atoms with E-state index in [0.29, 0.717) is 11.8 Å². The van der Waals surface area contributed by atoms with Crippen molar-refractivity contribution in [2.24, 2.45) is 0 Å². The maximum absolute atomic E-state index is 10.5. The van der Waals surface area contributed by atoms with Crippen LogP contribution in [0.4, 0.5) is 5.95 Å². The number of anilines is 1. The minimum Gasteiger partial charge on any atom is -0.384 e. The maximum Gasteiger partial charge on any atom is 0.263 e. The second-order valence-electron chi connectivity index (χ2n) is 5.28. The van der Waals surface area contributed by atoms with Gasteiger partial charge in [0.05, 0.1) is 6.54 Å². The highest BCUT2D eigenvalue weighted by atomic mass is 16.5. The SMILES string of the molecule is CC(O)(CNc1noc(-c2ccccc2)n1)c1ccccc1. The predicted molar refractivity (Wildman–Crippen MR) is 84.2 cm³/mol. The summed E-state index contributed by atoms with van der Waals surface area (Å²) in [4.78, 5) is 4.28. The first-order chi connectivity index (χ1) is 10.6. The summed E-state index contributed by atoms with van der Waals surface area (Å²) >= 11 is 0. The Morgan fingerprint density at radius 1 is 1.05 bits per heavy atom. The van der Waals surface area contributed by atoms with Crippen molar-refractivity contribution < 1.29 is 9.63 Å². The van der Waals surface area contributed by atoms with Crippen molar-refractivity contribution in [1.29, 1.82) is 0 Å². The lowest BCUT2D eigenvalue weighted by atomic mass is 9.96. The smallest absolute Gasteiger partial charge is 0.263 e. The lowest BCUT2D eigenvalue weighted by Crippen LogP contribution is -2.30. The Hall–Kier alpha value is -2.66. The average molecular weight is 295 g/mol. The Morgan fingerprint density at radius 2 is 1.68 bits per heavy atom. The summed E-state index contributed by atoms with van der Waals surface area (Å²) in [6.45, 7) is 2.03. The lowest BCUT2D eigenvalue weighted by Gasteiger charge is -2.23. The summed E-state index contributed by atoms with van der Waals surface area (Å²) in [5.41, 5.74) is 0.668. The van der Waals surface area contributed by atoms with E-state index in [0.717, 1.165) is 11.1 Å². The Balaban J connectivity index is 1.69. The van der Waals surface area contributed by atoms with Crippen molar-refractivity contribution in [1.82, 2.24) is 10.1 Å². The van der Waals surface area contributed by atoms with E-state index in [4.69, 9.17) is 4.52 Å². The number of aromatic nitrogens is 2. The summed E-state index contributed by atoms with van der Waals surface area (Å²) in [7, 11) is 0. The van der Waals surface area contributed by atoms with Gasteiger partial charge in [0, 0.05) is 5.56 Å². The van der Waals surface area contributed by atoms with E-state index < -0.39 is 5.60 Å². The van der Waals surface area contributed by atoms with E-state index in [9.17, 15) is 5.11 Å². The predicted octanol–water partition coefficient (Wildman–Crippen LogP) is 3.06. The number of hydrogen-bond donors (Lipinski definition) is 2. The van der Waals surface area contributed by atoms with Gasteiger partial charge in [-0.1, -0.05) is 48.5 Å². The molecule has 0 spiro atoms. The van der Waals surface area contributed by atoms with Crippen LogP contribution in [0.25, 0.3) is 11.5 Å². The van der Waals surface area contributed by atoms with Gasteiger partial charge in [0.2, 0.25) is 0 Å². The fourth-order valence-electron chi connectivity index (χ4n) is 2.14. The first kappa shape index (κ1) is 14.3. The van der Waals surface area contributed by atoms with Gasteiger partial charge in [0.25, 0.3) is 11.8 Å². The van der Waals surface area contributed by atoms with Gasteiger partial charge < -0.3 is 14.9 Å². The number of rotatable bonds is 5. The minimum atomic E-state index is -1.02. The number of nitrogens with one attached hydrogen (secondary N) is 1. The van der Waals surface area contributed by atoms with Crippen LogP contribution < -0.4 is 5.32 Å². The van der Waals surface area contributed by atoms with Gasteiger partial charge in [0.1, 0.15) is 5.60 Å². The largest absolute Gasteiger partial charge is 0.384 e. The standard InChI is InChI=1S/C17H17N3O2/c1-17(21,14-10-6-3-7-11-14)12-18-16-19-15(22-20-16)13-8-4-2-5-9-13/h2-11,21H,12H2,1H3,(H,18,20). The van der Waals surface area contributed by atoms with Crippen molar-refractivity contribution in [2.45, 2.75) is 12.5 Å². The molecule has 3 aromatic rings. The van der Waals surface area contributed by atoms with Crippen molar-refractivity contribution in [3.63, 3.8) is 0 Å². The normalized spacial score (nSPS) is 13.5. The highest BCUT2D eigenvalue weighted by molar-refractivity contribution is 5.53. The molecule has 1 unspecified atom stereocenters. The van der Waals surface area contributed by atoms with Crippen molar-refractivity contribution in [3.05, 3.63) is 66.2 Å². The van der Waals surface area contributed by atoms with Gasteiger partial charge in [-0.05, 0) is 29.8 Å². The molecule has 0 aliphatic heterocycles. The molecule has 1 aromatic heterocycles. The van der Waals surface area contributed by atoms with E-state index in [1.54, 1.807) is 6.92 Å². The van der Waals surface area contributed by atoms with Crippen LogP contribution in [0.1, 0.15) is 12.5 Å². The molecule has 0 radical (unpaired) electrons. The van der Waals surface area contributed by atoms with Crippen molar-refractivity contribution >= 4 is 5.95 Å². The van der Waals surface area contributed by atoms with E-state index in [-0.39, 0.29) is 6.54 Å². The molecule has 0 aliphatic rings. The second kappa shape index (κ2) is 5.99. The monoisotopic (exact) mass is 295 g/mol. The van der Waals surface area contributed by atoms with Crippen LogP contribution >= 0.6 is 0 Å². The molecular weight excluding hydrogens is 278 g/mol. The number of benzene rings is 2. The quantitative estimate of drug-likeness (QED) is 0.757. The highest BCUT2D eigenvalue weighted by Gasteiger charge is 2.23. The number of aliphatic hydroxyl groups is 1. The Labute approximate surface area is 128 Å². The van der Waals surface area contributed by atoms with E-state index in [2.05, 4.69) is 15.5 Å². The van der Waals surface area contributed by atoms with Crippen LogP contribution in [0.15, 0.2) is 65.2 Å². The highest BCUT2D eigenvalue weighted by Crippen LogP contribution is 2.22. The van der Waals surface area contributed by atoms with Crippen LogP contribution in [0, 0.1) is 0 Å². The van der Waals surface area contributed by atoms with Crippen molar-refractivity contribution in [3.8, 4) is 11.5 Å². The van der Waals surface area contributed by atoms with E-state index >= 15 is 0 Å². The van der Waals surface area contributed by atoms with E-state index in [1.807, 2.05) is 60.7 Å². The Morgan fingerprint density at radius 3 is 2.36 bits per heavy atom. The third-order valence-electron chi connectivity index (χ3n) is 3.43. The van der Waals surface area contributed by atoms with E-state index in [1.165, 1.54) is 0 Å². The van der Waals surface area contributed by atoms with Gasteiger partial charge in [-0.3, -0.25) is 0 Å². The third-order valence-corrected chi connectivity index (χ3v) is 3.43.